The van der Waals surface area contributed by atoms with Gasteiger partial charge in [-0.3, -0.25) is 9.69 Å². The lowest BCUT2D eigenvalue weighted by Gasteiger charge is -2.36. The maximum Gasteiger partial charge on any atom is 0.259 e. The monoisotopic (exact) mass is 513 g/mol. The SMILES string of the molecule is Cc1noc(C)c1C(=O)N1CCN(CC(OCc2ccc(C#N)cc2)c2cccc(N3CCCC3)c2)CC1. The number of hydrogen-bond acceptors (Lipinski definition) is 7. The van der Waals surface area contributed by atoms with E-state index in [1.165, 1.54) is 18.5 Å². The van der Waals surface area contributed by atoms with Crippen molar-refractivity contribution >= 4 is 11.6 Å². The molecule has 2 aliphatic rings. The smallest absolute Gasteiger partial charge is 0.259 e. The minimum atomic E-state index is -0.113. The van der Waals surface area contributed by atoms with Crippen LogP contribution in [0, 0.1) is 25.2 Å². The van der Waals surface area contributed by atoms with Crippen LogP contribution in [0.2, 0.25) is 0 Å². The molecule has 3 heterocycles. The predicted octanol–water partition coefficient (Wildman–Crippen LogP) is 4.48. The first-order chi connectivity index (χ1) is 18.5. The van der Waals surface area contributed by atoms with E-state index in [4.69, 9.17) is 14.5 Å². The zero-order valence-corrected chi connectivity index (χ0v) is 22.2. The number of hydrogen-bond donors (Lipinski definition) is 0. The molecule has 2 fully saturated rings. The van der Waals surface area contributed by atoms with Crippen molar-refractivity contribution in [2.24, 2.45) is 0 Å². The summed E-state index contributed by atoms with van der Waals surface area (Å²) in [6.07, 6.45) is 2.36. The maximum atomic E-state index is 13.1. The van der Waals surface area contributed by atoms with Crippen molar-refractivity contribution < 1.29 is 14.1 Å². The third kappa shape index (κ3) is 5.90. The molecule has 2 aromatic carbocycles. The minimum Gasteiger partial charge on any atom is -0.372 e. The Morgan fingerprint density at radius 1 is 1.05 bits per heavy atom. The molecule has 2 aliphatic heterocycles. The first kappa shape index (κ1) is 26.0. The van der Waals surface area contributed by atoms with Crippen LogP contribution in [0.5, 0.6) is 0 Å². The highest BCUT2D eigenvalue weighted by Gasteiger charge is 2.28. The molecule has 8 nitrogen and oxygen atoms in total. The summed E-state index contributed by atoms with van der Waals surface area (Å²) in [5, 5.41) is 13.0. The van der Waals surface area contributed by atoms with Gasteiger partial charge in [-0.25, -0.2) is 0 Å². The zero-order valence-electron chi connectivity index (χ0n) is 22.2. The fourth-order valence-electron chi connectivity index (χ4n) is 5.34. The van der Waals surface area contributed by atoms with Crippen LogP contribution in [-0.4, -0.2) is 66.7 Å². The molecule has 2 saturated heterocycles. The third-order valence-electron chi connectivity index (χ3n) is 7.58. The number of piperazine rings is 1. The van der Waals surface area contributed by atoms with Crippen LogP contribution in [0.15, 0.2) is 53.1 Å². The molecule has 1 aromatic heterocycles. The van der Waals surface area contributed by atoms with E-state index < -0.39 is 0 Å². The Bertz CT molecular complexity index is 1260. The number of carbonyl (C=O) groups is 1. The van der Waals surface area contributed by atoms with Gasteiger partial charge in [0.1, 0.15) is 11.3 Å². The molecular formula is C30H35N5O3. The molecule has 38 heavy (non-hydrogen) atoms. The molecule has 1 unspecified atom stereocenters. The van der Waals surface area contributed by atoms with Crippen LogP contribution in [0.3, 0.4) is 0 Å². The van der Waals surface area contributed by atoms with Gasteiger partial charge in [-0.1, -0.05) is 29.4 Å². The van der Waals surface area contributed by atoms with Gasteiger partial charge >= 0.3 is 0 Å². The van der Waals surface area contributed by atoms with Crippen LogP contribution >= 0.6 is 0 Å². The lowest BCUT2D eigenvalue weighted by molar-refractivity contribution is 0.00342. The first-order valence-corrected chi connectivity index (χ1v) is 13.4. The summed E-state index contributed by atoms with van der Waals surface area (Å²) < 4.78 is 11.7. The number of anilines is 1. The van der Waals surface area contributed by atoms with Crippen LogP contribution in [0.1, 0.15) is 57.4 Å². The van der Waals surface area contributed by atoms with Crippen LogP contribution in [0.25, 0.3) is 0 Å². The second-order valence-corrected chi connectivity index (χ2v) is 10.2. The second-order valence-electron chi connectivity index (χ2n) is 10.2. The lowest BCUT2D eigenvalue weighted by atomic mass is 10.1. The Morgan fingerprint density at radius 3 is 2.45 bits per heavy atom. The molecule has 8 heteroatoms. The Hall–Kier alpha value is -3.67. The van der Waals surface area contributed by atoms with Gasteiger partial charge < -0.3 is 19.1 Å². The van der Waals surface area contributed by atoms with Crippen molar-refractivity contribution in [3.8, 4) is 6.07 Å². The summed E-state index contributed by atoms with van der Waals surface area (Å²) >= 11 is 0. The number of aromatic nitrogens is 1. The van der Waals surface area contributed by atoms with E-state index >= 15 is 0 Å². The number of amides is 1. The van der Waals surface area contributed by atoms with E-state index in [1.54, 1.807) is 6.92 Å². The molecule has 198 valence electrons. The molecule has 0 N–H and O–H groups in total. The largest absolute Gasteiger partial charge is 0.372 e. The topological polar surface area (TPSA) is 85.8 Å². The van der Waals surface area contributed by atoms with Gasteiger partial charge in [0.2, 0.25) is 0 Å². The molecule has 1 atom stereocenters. The van der Waals surface area contributed by atoms with Gasteiger partial charge in [-0.2, -0.15) is 5.26 Å². The maximum absolute atomic E-state index is 13.1. The average molecular weight is 514 g/mol. The van der Waals surface area contributed by atoms with Crippen molar-refractivity contribution in [3.63, 3.8) is 0 Å². The molecule has 0 aliphatic carbocycles. The zero-order chi connectivity index (χ0) is 26.5. The Kier molecular flexibility index (Phi) is 8.06. The molecule has 0 spiro atoms. The second kappa shape index (κ2) is 11.8. The summed E-state index contributed by atoms with van der Waals surface area (Å²) in [5.41, 5.74) is 5.33. The highest BCUT2D eigenvalue weighted by molar-refractivity contribution is 5.96. The van der Waals surface area contributed by atoms with Gasteiger partial charge in [0, 0.05) is 51.5 Å². The van der Waals surface area contributed by atoms with E-state index in [9.17, 15) is 4.79 Å². The Balaban J connectivity index is 1.27. The number of aryl methyl sites for hydroxylation is 2. The summed E-state index contributed by atoms with van der Waals surface area (Å²) in [7, 11) is 0. The van der Waals surface area contributed by atoms with Crippen molar-refractivity contribution in [1.82, 2.24) is 15.0 Å². The van der Waals surface area contributed by atoms with Crippen LogP contribution < -0.4 is 4.90 Å². The minimum absolute atomic E-state index is 0.00664. The lowest BCUT2D eigenvalue weighted by Crippen LogP contribution is -2.49. The third-order valence-corrected chi connectivity index (χ3v) is 7.58. The average Bonchev–Trinajstić information content (AvgIpc) is 3.61. The highest BCUT2D eigenvalue weighted by Crippen LogP contribution is 2.28. The van der Waals surface area contributed by atoms with Crippen molar-refractivity contribution in [3.05, 3.63) is 82.2 Å². The molecule has 0 radical (unpaired) electrons. The fraction of sp³-hybridized carbons (Fsp3) is 0.433. The number of benzene rings is 2. The number of carbonyl (C=O) groups excluding carboxylic acids is 1. The Morgan fingerprint density at radius 2 is 1.79 bits per heavy atom. The predicted molar refractivity (Wildman–Crippen MR) is 145 cm³/mol. The standard InChI is InChI=1S/C30H35N5O3/c1-22-29(23(2)38-32-22)30(36)35-16-14-33(15-17-35)20-28(37-21-25-10-8-24(19-31)9-11-25)26-6-5-7-27(18-26)34-12-3-4-13-34/h5-11,18,28H,3-4,12-17,20-21H2,1-2H3. The number of nitrogens with zero attached hydrogens (tertiary/aromatic N) is 5. The number of ether oxygens (including phenoxy) is 1. The van der Waals surface area contributed by atoms with E-state index in [0.29, 0.717) is 42.3 Å². The van der Waals surface area contributed by atoms with E-state index in [0.717, 1.165) is 43.9 Å². The highest BCUT2D eigenvalue weighted by atomic mass is 16.5. The molecular weight excluding hydrogens is 478 g/mol. The van der Waals surface area contributed by atoms with E-state index in [1.807, 2.05) is 36.1 Å². The van der Waals surface area contributed by atoms with Crippen molar-refractivity contribution in [1.29, 1.82) is 5.26 Å². The summed E-state index contributed by atoms with van der Waals surface area (Å²) in [6.45, 7) is 9.86. The fourth-order valence-corrected chi connectivity index (χ4v) is 5.34. The van der Waals surface area contributed by atoms with Gasteiger partial charge in [0.05, 0.1) is 30.0 Å². The normalized spacial score (nSPS) is 17.0. The van der Waals surface area contributed by atoms with Crippen molar-refractivity contribution in [2.45, 2.75) is 39.4 Å². The summed E-state index contributed by atoms with van der Waals surface area (Å²) in [6, 6.07) is 18.5. The molecule has 1 amide bonds. The van der Waals surface area contributed by atoms with Gasteiger partial charge in [0.25, 0.3) is 5.91 Å². The molecule has 5 rings (SSSR count). The summed E-state index contributed by atoms with van der Waals surface area (Å²) in [4.78, 5) is 19.8. The quantitative estimate of drug-likeness (QED) is 0.439. The van der Waals surface area contributed by atoms with E-state index in [2.05, 4.69) is 45.3 Å². The van der Waals surface area contributed by atoms with Crippen molar-refractivity contribution in [2.75, 3.05) is 50.7 Å². The summed E-state index contributed by atoms with van der Waals surface area (Å²) in [5.74, 6) is 0.567. The molecule has 0 bridgehead atoms. The number of rotatable bonds is 8. The number of nitriles is 1. The first-order valence-electron chi connectivity index (χ1n) is 13.4. The van der Waals surface area contributed by atoms with Crippen LogP contribution in [-0.2, 0) is 11.3 Å². The molecule has 0 saturated carbocycles. The Labute approximate surface area is 224 Å². The van der Waals surface area contributed by atoms with Gasteiger partial charge in [0.15, 0.2) is 0 Å². The van der Waals surface area contributed by atoms with Gasteiger partial charge in [-0.05, 0) is 62.1 Å². The van der Waals surface area contributed by atoms with Gasteiger partial charge in [-0.15, -0.1) is 0 Å². The molecule has 3 aromatic rings. The van der Waals surface area contributed by atoms with E-state index in [-0.39, 0.29) is 12.0 Å². The van der Waals surface area contributed by atoms with Crippen LogP contribution in [0.4, 0.5) is 5.69 Å².